The molecule has 0 atom stereocenters. The Bertz CT molecular complexity index is 881. The van der Waals surface area contributed by atoms with Crippen molar-refractivity contribution < 1.29 is 4.79 Å². The van der Waals surface area contributed by atoms with Crippen LogP contribution in [0.2, 0.25) is 0 Å². The third-order valence-corrected chi connectivity index (χ3v) is 4.56. The summed E-state index contributed by atoms with van der Waals surface area (Å²) < 4.78 is 0. The number of hydrogen-bond donors (Lipinski definition) is 1. The number of carbonyl (C=O) groups excluding carboxylic acids is 1. The van der Waals surface area contributed by atoms with E-state index < -0.39 is 0 Å². The van der Waals surface area contributed by atoms with Gasteiger partial charge in [0.25, 0.3) is 5.91 Å². The number of anilines is 1. The van der Waals surface area contributed by atoms with Crippen LogP contribution in [0.4, 0.5) is 5.69 Å². The highest BCUT2D eigenvalue weighted by Gasteiger charge is 2.18. The van der Waals surface area contributed by atoms with E-state index in [2.05, 4.69) is 15.3 Å². The number of amides is 1. The lowest BCUT2D eigenvalue weighted by Gasteiger charge is -2.23. The maximum absolute atomic E-state index is 13.1. The van der Waals surface area contributed by atoms with Gasteiger partial charge in [-0.2, -0.15) is 0 Å². The summed E-state index contributed by atoms with van der Waals surface area (Å²) in [6, 6.07) is 13.6. The van der Waals surface area contributed by atoms with Crippen LogP contribution in [-0.4, -0.2) is 27.3 Å². The lowest BCUT2D eigenvalue weighted by molar-refractivity contribution is 0.0752. The van der Waals surface area contributed by atoms with Gasteiger partial charge in [-0.1, -0.05) is 12.1 Å². The number of nitrogens with one attached hydrogen (secondary N) is 1. The van der Waals surface area contributed by atoms with Gasteiger partial charge in [0.15, 0.2) is 0 Å². The van der Waals surface area contributed by atoms with Crippen molar-refractivity contribution >= 4 is 11.6 Å². The van der Waals surface area contributed by atoms with Crippen molar-refractivity contribution in [1.82, 2.24) is 14.9 Å². The average molecular weight is 360 g/mol. The van der Waals surface area contributed by atoms with Gasteiger partial charge < -0.3 is 10.2 Å². The van der Waals surface area contributed by atoms with Crippen LogP contribution in [0.1, 0.15) is 34.0 Å². The normalized spacial score (nSPS) is 10.4. The molecule has 1 N–H and O–H groups in total. The molecule has 2 aromatic heterocycles. The third-order valence-electron chi connectivity index (χ3n) is 4.56. The van der Waals surface area contributed by atoms with Crippen molar-refractivity contribution in [1.29, 1.82) is 0 Å². The molecule has 0 aliphatic carbocycles. The fraction of sp³-hybridized carbons (Fsp3) is 0.227. The molecule has 0 radical (unpaired) electrons. The molecule has 3 rings (SSSR count). The van der Waals surface area contributed by atoms with E-state index in [1.54, 1.807) is 18.6 Å². The summed E-state index contributed by atoms with van der Waals surface area (Å²) in [5.74, 6) is 0.0387. The fourth-order valence-electron chi connectivity index (χ4n) is 2.96. The monoisotopic (exact) mass is 360 g/mol. The van der Waals surface area contributed by atoms with E-state index in [0.29, 0.717) is 19.6 Å². The minimum atomic E-state index is 0.0387. The number of hydrogen-bond acceptors (Lipinski definition) is 4. The first-order valence-corrected chi connectivity index (χ1v) is 9.09. The van der Waals surface area contributed by atoms with Crippen LogP contribution in [0.3, 0.4) is 0 Å². The fourth-order valence-corrected chi connectivity index (χ4v) is 2.96. The second-order valence-corrected chi connectivity index (χ2v) is 6.37. The van der Waals surface area contributed by atoms with E-state index in [9.17, 15) is 4.79 Å². The van der Waals surface area contributed by atoms with Crippen LogP contribution in [0, 0.1) is 6.92 Å². The number of benzene rings is 1. The number of carbonyl (C=O) groups is 1. The zero-order chi connectivity index (χ0) is 19.1. The van der Waals surface area contributed by atoms with Crippen LogP contribution in [0.15, 0.2) is 67.3 Å². The number of rotatable bonds is 7. The van der Waals surface area contributed by atoms with Crippen molar-refractivity contribution in [2.75, 3.05) is 11.9 Å². The Balaban J connectivity index is 1.76. The Labute approximate surface area is 160 Å². The Morgan fingerprint density at radius 1 is 1.00 bits per heavy atom. The first kappa shape index (κ1) is 18.6. The highest BCUT2D eigenvalue weighted by molar-refractivity contribution is 5.97. The molecule has 3 aromatic rings. The number of aromatic nitrogens is 2. The van der Waals surface area contributed by atoms with Crippen molar-refractivity contribution in [2.24, 2.45) is 0 Å². The SMILES string of the molecule is CCN(Cc1ccncc1)C(=O)c1cccc(NCc2cccnc2)c1C. The first-order valence-electron chi connectivity index (χ1n) is 9.09. The van der Waals surface area contributed by atoms with Gasteiger partial charge in [0.2, 0.25) is 0 Å². The van der Waals surface area contributed by atoms with Crippen LogP contribution in [0.25, 0.3) is 0 Å². The predicted octanol–water partition coefficient (Wildman–Crippen LogP) is 4.06. The quantitative estimate of drug-likeness (QED) is 0.690. The summed E-state index contributed by atoms with van der Waals surface area (Å²) in [5.41, 5.74) is 4.82. The van der Waals surface area contributed by atoms with E-state index in [-0.39, 0.29) is 5.91 Å². The smallest absolute Gasteiger partial charge is 0.254 e. The number of nitrogens with zero attached hydrogens (tertiary/aromatic N) is 3. The molecular formula is C22H24N4O. The molecule has 1 amide bonds. The first-order chi connectivity index (χ1) is 13.2. The van der Waals surface area contributed by atoms with Gasteiger partial charge in [0, 0.05) is 55.7 Å². The zero-order valence-corrected chi connectivity index (χ0v) is 15.7. The van der Waals surface area contributed by atoms with Crippen molar-refractivity contribution in [2.45, 2.75) is 26.9 Å². The van der Waals surface area contributed by atoms with Crippen LogP contribution < -0.4 is 5.32 Å². The maximum atomic E-state index is 13.1. The topological polar surface area (TPSA) is 58.1 Å². The minimum absolute atomic E-state index is 0.0387. The van der Waals surface area contributed by atoms with Gasteiger partial charge in [0.1, 0.15) is 0 Å². The molecule has 2 heterocycles. The van der Waals surface area contributed by atoms with E-state index in [1.165, 1.54) is 0 Å². The molecule has 0 saturated heterocycles. The molecule has 0 unspecified atom stereocenters. The lowest BCUT2D eigenvalue weighted by Crippen LogP contribution is -2.31. The van der Waals surface area contributed by atoms with Gasteiger partial charge in [0.05, 0.1) is 0 Å². The Kier molecular flexibility index (Phi) is 6.15. The Morgan fingerprint density at radius 2 is 1.81 bits per heavy atom. The standard InChI is InChI=1S/C22H24N4O/c1-3-26(16-18-9-12-23-13-10-18)22(27)20-7-4-8-21(17(20)2)25-15-19-6-5-11-24-14-19/h4-14,25H,3,15-16H2,1-2H3. The molecule has 1 aromatic carbocycles. The summed E-state index contributed by atoms with van der Waals surface area (Å²) in [7, 11) is 0. The lowest BCUT2D eigenvalue weighted by atomic mass is 10.0. The predicted molar refractivity (Wildman–Crippen MR) is 107 cm³/mol. The molecule has 0 spiro atoms. The summed E-state index contributed by atoms with van der Waals surface area (Å²) in [4.78, 5) is 23.1. The van der Waals surface area contributed by atoms with E-state index >= 15 is 0 Å². The van der Waals surface area contributed by atoms with Crippen LogP contribution in [0.5, 0.6) is 0 Å². The Morgan fingerprint density at radius 3 is 2.52 bits per heavy atom. The van der Waals surface area contributed by atoms with Gasteiger partial charge in [-0.3, -0.25) is 14.8 Å². The largest absolute Gasteiger partial charge is 0.381 e. The minimum Gasteiger partial charge on any atom is -0.381 e. The number of pyridine rings is 2. The van der Waals surface area contributed by atoms with Crippen molar-refractivity contribution in [3.63, 3.8) is 0 Å². The molecule has 0 aliphatic heterocycles. The van der Waals surface area contributed by atoms with Gasteiger partial charge in [-0.15, -0.1) is 0 Å². The molecule has 5 heteroatoms. The van der Waals surface area contributed by atoms with Crippen molar-refractivity contribution in [3.8, 4) is 0 Å². The highest BCUT2D eigenvalue weighted by atomic mass is 16.2. The maximum Gasteiger partial charge on any atom is 0.254 e. The third kappa shape index (κ3) is 4.70. The van der Waals surface area contributed by atoms with E-state index in [0.717, 1.165) is 27.9 Å². The van der Waals surface area contributed by atoms with Crippen molar-refractivity contribution in [3.05, 3.63) is 89.5 Å². The molecule has 0 saturated carbocycles. The average Bonchev–Trinajstić information content (AvgIpc) is 2.72. The molecule has 27 heavy (non-hydrogen) atoms. The Hall–Kier alpha value is -3.21. The molecule has 138 valence electrons. The highest BCUT2D eigenvalue weighted by Crippen LogP contribution is 2.22. The zero-order valence-electron chi connectivity index (χ0n) is 15.7. The molecular weight excluding hydrogens is 336 g/mol. The van der Waals surface area contributed by atoms with Crippen LogP contribution in [-0.2, 0) is 13.1 Å². The summed E-state index contributed by atoms with van der Waals surface area (Å²) >= 11 is 0. The second kappa shape index (κ2) is 8.94. The van der Waals surface area contributed by atoms with Gasteiger partial charge in [-0.25, -0.2) is 0 Å². The molecule has 0 aliphatic rings. The molecule has 0 bridgehead atoms. The van der Waals surface area contributed by atoms with Crippen LogP contribution >= 0.6 is 0 Å². The molecule has 0 fully saturated rings. The summed E-state index contributed by atoms with van der Waals surface area (Å²) in [6.07, 6.45) is 7.10. The van der Waals surface area contributed by atoms with E-state index in [1.807, 2.05) is 67.4 Å². The summed E-state index contributed by atoms with van der Waals surface area (Å²) in [5, 5.41) is 3.41. The second-order valence-electron chi connectivity index (χ2n) is 6.37. The molecule has 5 nitrogen and oxygen atoms in total. The summed E-state index contributed by atoms with van der Waals surface area (Å²) in [6.45, 7) is 5.87. The van der Waals surface area contributed by atoms with Gasteiger partial charge >= 0.3 is 0 Å². The van der Waals surface area contributed by atoms with E-state index in [4.69, 9.17) is 0 Å². The van der Waals surface area contributed by atoms with Gasteiger partial charge in [-0.05, 0) is 60.9 Å².